The normalized spacial score (nSPS) is 13.7. The van der Waals surface area contributed by atoms with Gasteiger partial charge in [-0.25, -0.2) is 0 Å². The molecule has 4 rings (SSSR count). The van der Waals surface area contributed by atoms with E-state index in [1.165, 1.54) is 24.1 Å². The van der Waals surface area contributed by atoms with Gasteiger partial charge in [-0.15, -0.1) is 12.4 Å². The Balaban J connectivity index is 0.00000196. The molecular weight excluding hydrogens is 391 g/mol. The Kier molecular flexibility index (Phi) is 5.71. The van der Waals surface area contributed by atoms with Crippen molar-refractivity contribution in [2.24, 2.45) is 5.92 Å². The molecule has 0 bridgehead atoms. The highest BCUT2D eigenvalue weighted by atomic mass is 35.5. The predicted octanol–water partition coefficient (Wildman–Crippen LogP) is 6.37. The fourth-order valence-electron chi connectivity index (χ4n) is 3.21. The first-order valence-corrected chi connectivity index (χ1v) is 9.31. The van der Waals surface area contributed by atoms with Gasteiger partial charge in [0.15, 0.2) is 0 Å². The molecule has 0 amide bonds. The van der Waals surface area contributed by atoms with Gasteiger partial charge in [0.1, 0.15) is 17.9 Å². The van der Waals surface area contributed by atoms with Crippen molar-refractivity contribution >= 4 is 46.6 Å². The first-order chi connectivity index (χ1) is 12.0. The van der Waals surface area contributed by atoms with Crippen LogP contribution in [0.15, 0.2) is 30.5 Å². The number of hydrogen-bond donors (Lipinski definition) is 0. The minimum atomic E-state index is 0. The highest BCUT2D eigenvalue weighted by Crippen LogP contribution is 2.37. The highest BCUT2D eigenvalue weighted by molar-refractivity contribution is 6.35. The molecule has 0 aliphatic heterocycles. The summed E-state index contributed by atoms with van der Waals surface area (Å²) in [6, 6.07) is 7.42. The van der Waals surface area contributed by atoms with Crippen LogP contribution in [0.4, 0.5) is 0 Å². The van der Waals surface area contributed by atoms with Crippen LogP contribution in [0.5, 0.6) is 5.75 Å². The van der Waals surface area contributed by atoms with Crippen LogP contribution in [0.2, 0.25) is 10.0 Å². The standard InChI is InChI=1S/C20H20Cl2N2O.ClH/c1-12-13(2)24(10-14-3-4-14)20-18(7-8-23-19(12)20)25-11-15-5-6-16(21)9-17(15)22;/h5-9,14H,3-4,10-11H2,1-2H3;1H. The van der Waals surface area contributed by atoms with E-state index in [1.807, 2.05) is 24.4 Å². The average molecular weight is 412 g/mol. The average Bonchev–Trinajstić information content (AvgIpc) is 3.38. The largest absolute Gasteiger partial charge is 0.487 e. The van der Waals surface area contributed by atoms with Crippen LogP contribution in [0, 0.1) is 19.8 Å². The molecule has 3 nitrogen and oxygen atoms in total. The summed E-state index contributed by atoms with van der Waals surface area (Å²) in [5.74, 6) is 1.64. The summed E-state index contributed by atoms with van der Waals surface area (Å²) in [4.78, 5) is 4.59. The Hall–Kier alpha value is -1.42. The maximum atomic E-state index is 6.27. The van der Waals surface area contributed by atoms with Gasteiger partial charge in [-0.2, -0.15) is 0 Å². The van der Waals surface area contributed by atoms with Crippen molar-refractivity contribution in [2.75, 3.05) is 0 Å². The fourth-order valence-corrected chi connectivity index (χ4v) is 3.67. The maximum Gasteiger partial charge on any atom is 0.147 e. The lowest BCUT2D eigenvalue weighted by atomic mass is 10.2. The van der Waals surface area contributed by atoms with E-state index in [0.717, 1.165) is 34.8 Å². The van der Waals surface area contributed by atoms with Crippen LogP contribution in [0.1, 0.15) is 29.7 Å². The van der Waals surface area contributed by atoms with Crippen molar-refractivity contribution in [3.63, 3.8) is 0 Å². The SMILES string of the molecule is Cc1c(C)n(CC2CC2)c2c(OCc3ccc(Cl)cc3Cl)ccnc12.Cl. The molecule has 1 saturated carbocycles. The van der Waals surface area contributed by atoms with Gasteiger partial charge in [-0.1, -0.05) is 29.3 Å². The highest BCUT2D eigenvalue weighted by Gasteiger charge is 2.25. The number of nitrogens with zero attached hydrogens (tertiary/aromatic N) is 2. The molecule has 0 spiro atoms. The van der Waals surface area contributed by atoms with E-state index in [9.17, 15) is 0 Å². The van der Waals surface area contributed by atoms with E-state index in [-0.39, 0.29) is 12.4 Å². The molecule has 0 saturated heterocycles. The summed E-state index contributed by atoms with van der Waals surface area (Å²) in [5, 5.41) is 1.25. The Morgan fingerprint density at radius 3 is 2.65 bits per heavy atom. The molecule has 138 valence electrons. The number of pyridine rings is 1. The molecule has 1 fully saturated rings. The predicted molar refractivity (Wildman–Crippen MR) is 110 cm³/mol. The fraction of sp³-hybridized carbons (Fsp3) is 0.350. The smallest absolute Gasteiger partial charge is 0.147 e. The molecule has 1 aliphatic carbocycles. The molecular formula is C20H21Cl3N2O. The Bertz CT molecular complexity index is 948. The Labute approximate surface area is 169 Å². The molecule has 6 heteroatoms. The second-order valence-corrected chi connectivity index (χ2v) is 7.64. The third-order valence-corrected chi connectivity index (χ3v) is 5.58. The summed E-state index contributed by atoms with van der Waals surface area (Å²) in [7, 11) is 0. The number of benzene rings is 1. The number of halogens is 3. The summed E-state index contributed by atoms with van der Waals surface area (Å²) >= 11 is 12.2. The molecule has 1 aromatic carbocycles. The zero-order chi connectivity index (χ0) is 17.6. The van der Waals surface area contributed by atoms with Gasteiger partial charge in [0.2, 0.25) is 0 Å². The van der Waals surface area contributed by atoms with Crippen molar-refractivity contribution in [1.29, 1.82) is 0 Å². The topological polar surface area (TPSA) is 27.1 Å². The van der Waals surface area contributed by atoms with Crippen molar-refractivity contribution in [3.8, 4) is 5.75 Å². The zero-order valence-electron chi connectivity index (χ0n) is 14.8. The van der Waals surface area contributed by atoms with Crippen LogP contribution in [0.25, 0.3) is 11.0 Å². The monoisotopic (exact) mass is 410 g/mol. The van der Waals surface area contributed by atoms with Crippen molar-refractivity contribution < 1.29 is 4.74 Å². The minimum absolute atomic E-state index is 0. The number of ether oxygens (including phenoxy) is 1. The Morgan fingerprint density at radius 2 is 1.96 bits per heavy atom. The van der Waals surface area contributed by atoms with Gasteiger partial charge in [0.25, 0.3) is 0 Å². The summed E-state index contributed by atoms with van der Waals surface area (Å²) < 4.78 is 8.52. The first kappa shape index (κ1) is 19.3. The number of aryl methyl sites for hydroxylation is 1. The van der Waals surface area contributed by atoms with Crippen LogP contribution in [-0.4, -0.2) is 9.55 Å². The van der Waals surface area contributed by atoms with Crippen molar-refractivity contribution in [1.82, 2.24) is 9.55 Å². The van der Waals surface area contributed by atoms with Gasteiger partial charge in [0, 0.05) is 40.1 Å². The van der Waals surface area contributed by atoms with E-state index in [0.29, 0.717) is 16.7 Å². The van der Waals surface area contributed by atoms with E-state index in [4.69, 9.17) is 27.9 Å². The lowest BCUT2D eigenvalue weighted by Crippen LogP contribution is -2.04. The van der Waals surface area contributed by atoms with Gasteiger partial charge in [-0.05, 0) is 50.3 Å². The van der Waals surface area contributed by atoms with Crippen LogP contribution in [0.3, 0.4) is 0 Å². The van der Waals surface area contributed by atoms with Gasteiger partial charge in [-0.3, -0.25) is 4.98 Å². The lowest BCUT2D eigenvalue weighted by Gasteiger charge is -2.13. The van der Waals surface area contributed by atoms with E-state index >= 15 is 0 Å². The molecule has 0 unspecified atom stereocenters. The van der Waals surface area contributed by atoms with Gasteiger partial charge in [0.05, 0.1) is 5.52 Å². The first-order valence-electron chi connectivity index (χ1n) is 8.55. The summed E-state index contributed by atoms with van der Waals surface area (Å²) in [5.41, 5.74) is 5.54. The minimum Gasteiger partial charge on any atom is -0.487 e. The van der Waals surface area contributed by atoms with Crippen LogP contribution >= 0.6 is 35.6 Å². The molecule has 2 heterocycles. The van der Waals surface area contributed by atoms with Crippen LogP contribution < -0.4 is 4.74 Å². The summed E-state index contributed by atoms with van der Waals surface area (Å²) in [6.45, 7) is 5.74. The number of aromatic nitrogens is 2. The maximum absolute atomic E-state index is 6.27. The Morgan fingerprint density at radius 1 is 1.19 bits per heavy atom. The lowest BCUT2D eigenvalue weighted by molar-refractivity contribution is 0.308. The molecule has 1 aliphatic rings. The van der Waals surface area contributed by atoms with Crippen molar-refractivity contribution in [2.45, 2.75) is 39.8 Å². The molecule has 26 heavy (non-hydrogen) atoms. The number of fused-ring (bicyclic) bond motifs is 1. The molecule has 0 N–H and O–H groups in total. The van der Waals surface area contributed by atoms with E-state index in [1.54, 1.807) is 6.07 Å². The zero-order valence-corrected chi connectivity index (χ0v) is 17.1. The van der Waals surface area contributed by atoms with E-state index in [2.05, 4.69) is 23.4 Å². The third kappa shape index (κ3) is 3.66. The van der Waals surface area contributed by atoms with Crippen molar-refractivity contribution in [3.05, 3.63) is 57.3 Å². The molecule has 0 atom stereocenters. The van der Waals surface area contributed by atoms with Gasteiger partial charge >= 0.3 is 0 Å². The van der Waals surface area contributed by atoms with Crippen LogP contribution in [-0.2, 0) is 13.2 Å². The molecule has 2 aromatic heterocycles. The number of hydrogen-bond acceptors (Lipinski definition) is 2. The second kappa shape index (κ2) is 7.67. The number of rotatable bonds is 5. The quantitative estimate of drug-likeness (QED) is 0.487. The molecule has 3 aromatic rings. The molecule has 0 radical (unpaired) electrons. The third-order valence-electron chi connectivity index (χ3n) is 5.00. The second-order valence-electron chi connectivity index (χ2n) is 6.80. The summed E-state index contributed by atoms with van der Waals surface area (Å²) in [6.07, 6.45) is 4.44. The van der Waals surface area contributed by atoms with Gasteiger partial charge < -0.3 is 9.30 Å². The van der Waals surface area contributed by atoms with E-state index < -0.39 is 0 Å².